The normalized spacial score (nSPS) is 17.3. The minimum Gasteiger partial charge on any atom is -0.379 e. The Balaban J connectivity index is 1.44. The Morgan fingerprint density at radius 3 is 2.74 bits per heavy atom. The monoisotopic (exact) mass is 386 g/mol. The van der Waals surface area contributed by atoms with Gasteiger partial charge in [0.05, 0.1) is 30.0 Å². The molecule has 0 bridgehead atoms. The Hall–Kier alpha value is -2.62. The summed E-state index contributed by atoms with van der Waals surface area (Å²) in [5.74, 6) is -1.11. The number of thiazole rings is 1. The second-order valence-electron chi connectivity index (χ2n) is 6.42. The van der Waals surface area contributed by atoms with E-state index >= 15 is 0 Å². The van der Waals surface area contributed by atoms with E-state index in [1.54, 1.807) is 6.07 Å². The highest BCUT2D eigenvalue weighted by Gasteiger charge is 2.33. The largest absolute Gasteiger partial charge is 0.379 e. The summed E-state index contributed by atoms with van der Waals surface area (Å²) in [5, 5.41) is 5.18. The van der Waals surface area contributed by atoms with E-state index in [2.05, 4.69) is 15.2 Å². The van der Waals surface area contributed by atoms with Crippen LogP contribution in [-0.2, 0) is 11.3 Å². The number of imide groups is 1. The van der Waals surface area contributed by atoms with E-state index in [9.17, 15) is 14.4 Å². The second kappa shape index (κ2) is 7.18. The summed E-state index contributed by atoms with van der Waals surface area (Å²) in [4.78, 5) is 44.3. The van der Waals surface area contributed by atoms with Crippen molar-refractivity contribution in [3.8, 4) is 0 Å². The number of carbonyl (C=O) groups is 3. The summed E-state index contributed by atoms with van der Waals surface area (Å²) in [7, 11) is 1.43. The number of carbonyl (C=O) groups excluding carboxylic acids is 3. The highest BCUT2D eigenvalue weighted by molar-refractivity contribution is 7.14. The van der Waals surface area contributed by atoms with Crippen molar-refractivity contribution in [2.24, 2.45) is 0 Å². The Kier molecular flexibility index (Phi) is 4.73. The molecule has 1 aromatic heterocycles. The van der Waals surface area contributed by atoms with Gasteiger partial charge in [0.2, 0.25) is 0 Å². The van der Waals surface area contributed by atoms with Crippen LogP contribution >= 0.6 is 11.3 Å². The molecule has 2 aliphatic heterocycles. The Labute approximate surface area is 159 Å². The maximum atomic E-state index is 12.5. The van der Waals surface area contributed by atoms with Crippen molar-refractivity contribution in [1.29, 1.82) is 0 Å². The van der Waals surface area contributed by atoms with Gasteiger partial charge in [-0.15, -0.1) is 11.3 Å². The van der Waals surface area contributed by atoms with Crippen LogP contribution in [0.25, 0.3) is 0 Å². The quantitative estimate of drug-likeness (QED) is 0.800. The average molecular weight is 386 g/mol. The van der Waals surface area contributed by atoms with Crippen LogP contribution in [0.1, 0.15) is 36.8 Å². The van der Waals surface area contributed by atoms with Crippen LogP contribution in [0.15, 0.2) is 23.6 Å². The molecule has 0 spiro atoms. The molecule has 4 rings (SSSR count). The van der Waals surface area contributed by atoms with Crippen LogP contribution in [0.2, 0.25) is 0 Å². The van der Waals surface area contributed by atoms with E-state index in [1.165, 1.54) is 30.5 Å². The van der Waals surface area contributed by atoms with E-state index < -0.39 is 5.91 Å². The van der Waals surface area contributed by atoms with Crippen molar-refractivity contribution in [3.63, 3.8) is 0 Å². The lowest BCUT2D eigenvalue weighted by Gasteiger charge is -2.25. The van der Waals surface area contributed by atoms with Gasteiger partial charge in [-0.2, -0.15) is 0 Å². The number of nitrogens with one attached hydrogen (secondary N) is 1. The van der Waals surface area contributed by atoms with E-state index in [-0.39, 0.29) is 17.4 Å². The molecule has 3 amide bonds. The van der Waals surface area contributed by atoms with E-state index in [4.69, 9.17) is 4.74 Å². The van der Waals surface area contributed by atoms with Crippen LogP contribution in [0, 0.1) is 0 Å². The molecule has 1 aromatic carbocycles. The molecule has 0 aliphatic carbocycles. The molecule has 140 valence electrons. The number of ether oxygens (including phenoxy) is 1. The van der Waals surface area contributed by atoms with E-state index in [0.29, 0.717) is 16.3 Å². The number of nitrogens with zero attached hydrogens (tertiary/aromatic N) is 3. The molecule has 0 atom stereocenters. The van der Waals surface area contributed by atoms with Crippen molar-refractivity contribution in [3.05, 3.63) is 46.0 Å². The zero-order valence-corrected chi connectivity index (χ0v) is 15.5. The lowest BCUT2D eigenvalue weighted by molar-refractivity contribution is 0.0337. The van der Waals surface area contributed by atoms with Gasteiger partial charge in [-0.25, -0.2) is 4.98 Å². The summed E-state index contributed by atoms with van der Waals surface area (Å²) >= 11 is 1.36. The number of rotatable bonds is 4. The average Bonchev–Trinajstić information content (AvgIpc) is 3.20. The Morgan fingerprint density at radius 2 is 1.96 bits per heavy atom. The predicted molar refractivity (Wildman–Crippen MR) is 99.0 cm³/mol. The molecule has 1 N–H and O–H groups in total. The Bertz CT molecular complexity index is 920. The number of amides is 3. The molecule has 2 aromatic rings. The van der Waals surface area contributed by atoms with Gasteiger partial charge >= 0.3 is 0 Å². The lowest BCUT2D eigenvalue weighted by atomic mass is 10.1. The molecule has 0 unspecified atom stereocenters. The van der Waals surface area contributed by atoms with Gasteiger partial charge in [-0.3, -0.25) is 29.5 Å². The van der Waals surface area contributed by atoms with E-state index in [0.717, 1.165) is 43.4 Å². The minimum absolute atomic E-state index is 0.252. The number of hydrogen-bond donors (Lipinski definition) is 1. The van der Waals surface area contributed by atoms with Crippen LogP contribution in [-0.4, -0.2) is 65.9 Å². The van der Waals surface area contributed by atoms with Crippen molar-refractivity contribution in [2.45, 2.75) is 6.54 Å². The molecular formula is C18H18N4O4S. The topological polar surface area (TPSA) is 91.8 Å². The number of hydrogen-bond acceptors (Lipinski definition) is 7. The van der Waals surface area contributed by atoms with Gasteiger partial charge < -0.3 is 4.74 Å². The standard InChI is InChI=1S/C18H18N4O4S/c1-21-16(24)13-3-2-11(8-14(13)17(21)25)15(23)20-18-19-12(10-27-18)9-22-4-6-26-7-5-22/h2-3,8,10H,4-7,9H2,1H3,(H,19,20,23). The summed E-state index contributed by atoms with van der Waals surface area (Å²) in [6.07, 6.45) is 0. The third-order valence-electron chi connectivity index (χ3n) is 4.61. The van der Waals surface area contributed by atoms with Crippen molar-refractivity contribution >= 4 is 34.2 Å². The molecule has 9 heteroatoms. The number of fused-ring (bicyclic) bond motifs is 1. The first-order valence-corrected chi connectivity index (χ1v) is 9.43. The highest BCUT2D eigenvalue weighted by atomic mass is 32.1. The van der Waals surface area contributed by atoms with Gasteiger partial charge in [0, 0.05) is 37.6 Å². The molecule has 0 saturated carbocycles. The number of anilines is 1. The molecule has 2 aliphatic rings. The summed E-state index contributed by atoms with van der Waals surface area (Å²) in [6, 6.07) is 4.51. The van der Waals surface area contributed by atoms with Gasteiger partial charge in [0.25, 0.3) is 17.7 Å². The first-order valence-electron chi connectivity index (χ1n) is 8.55. The Morgan fingerprint density at radius 1 is 1.22 bits per heavy atom. The first kappa shape index (κ1) is 17.8. The molecule has 1 fully saturated rings. The molecular weight excluding hydrogens is 368 g/mol. The van der Waals surface area contributed by atoms with Crippen molar-refractivity contribution in [2.75, 3.05) is 38.7 Å². The van der Waals surface area contributed by atoms with Crippen LogP contribution in [0.3, 0.4) is 0 Å². The van der Waals surface area contributed by atoms with Crippen molar-refractivity contribution in [1.82, 2.24) is 14.8 Å². The van der Waals surface area contributed by atoms with Crippen molar-refractivity contribution < 1.29 is 19.1 Å². The van der Waals surface area contributed by atoms with Crippen LogP contribution in [0.5, 0.6) is 0 Å². The van der Waals surface area contributed by atoms with Gasteiger partial charge in [0.1, 0.15) is 0 Å². The summed E-state index contributed by atoms with van der Waals surface area (Å²) < 4.78 is 5.33. The number of aromatic nitrogens is 1. The van der Waals surface area contributed by atoms with E-state index in [1.807, 2.05) is 5.38 Å². The predicted octanol–water partition coefficient (Wildman–Crippen LogP) is 1.45. The highest BCUT2D eigenvalue weighted by Crippen LogP contribution is 2.24. The first-order chi connectivity index (χ1) is 13.0. The summed E-state index contributed by atoms with van der Waals surface area (Å²) in [5.41, 5.74) is 1.78. The third-order valence-corrected chi connectivity index (χ3v) is 5.42. The number of benzene rings is 1. The number of morpholine rings is 1. The third kappa shape index (κ3) is 3.48. The molecule has 1 saturated heterocycles. The fraction of sp³-hybridized carbons (Fsp3) is 0.333. The van der Waals surface area contributed by atoms with Gasteiger partial charge in [0.15, 0.2) is 5.13 Å². The van der Waals surface area contributed by atoms with Gasteiger partial charge in [-0.05, 0) is 18.2 Å². The molecule has 3 heterocycles. The van der Waals surface area contributed by atoms with Gasteiger partial charge in [-0.1, -0.05) is 0 Å². The van der Waals surface area contributed by atoms with Crippen LogP contribution < -0.4 is 5.32 Å². The molecule has 0 radical (unpaired) electrons. The SMILES string of the molecule is CN1C(=O)c2ccc(C(=O)Nc3nc(CN4CCOCC4)cs3)cc2C1=O. The summed E-state index contributed by atoms with van der Waals surface area (Å²) in [6.45, 7) is 3.91. The molecule has 27 heavy (non-hydrogen) atoms. The fourth-order valence-corrected chi connectivity index (χ4v) is 3.79. The maximum Gasteiger partial charge on any atom is 0.261 e. The smallest absolute Gasteiger partial charge is 0.261 e. The van der Waals surface area contributed by atoms with Crippen LogP contribution in [0.4, 0.5) is 5.13 Å². The zero-order chi connectivity index (χ0) is 19.0. The zero-order valence-electron chi connectivity index (χ0n) is 14.7. The maximum absolute atomic E-state index is 12.5. The molecule has 8 nitrogen and oxygen atoms in total. The fourth-order valence-electron chi connectivity index (χ4n) is 3.10. The minimum atomic E-state index is -0.397. The lowest BCUT2D eigenvalue weighted by Crippen LogP contribution is -2.35. The second-order valence-corrected chi connectivity index (χ2v) is 7.27.